The molecule has 1 aliphatic carbocycles. The van der Waals surface area contributed by atoms with Gasteiger partial charge in [0, 0.05) is 31.0 Å². The zero-order valence-corrected chi connectivity index (χ0v) is 13.2. The maximum absolute atomic E-state index is 12.8. The van der Waals surface area contributed by atoms with Gasteiger partial charge in [0.2, 0.25) is 0 Å². The predicted octanol–water partition coefficient (Wildman–Crippen LogP) is 1.50. The molecule has 2 N–H and O–H groups in total. The van der Waals surface area contributed by atoms with Crippen molar-refractivity contribution in [3.63, 3.8) is 0 Å². The number of aryl methyl sites for hydroxylation is 1. The Balaban J connectivity index is 1.58. The van der Waals surface area contributed by atoms with E-state index in [0.29, 0.717) is 11.7 Å². The lowest BCUT2D eigenvalue weighted by atomic mass is 9.93. The van der Waals surface area contributed by atoms with Crippen LogP contribution in [0.5, 0.6) is 0 Å². The number of nitrogens with one attached hydrogen (secondary N) is 2. The van der Waals surface area contributed by atoms with Crippen LogP contribution in [0.2, 0.25) is 0 Å². The van der Waals surface area contributed by atoms with Crippen molar-refractivity contribution in [3.8, 4) is 11.3 Å². The molecule has 1 amide bonds. The van der Waals surface area contributed by atoms with E-state index in [0.717, 1.165) is 37.1 Å². The lowest BCUT2D eigenvalue weighted by Gasteiger charge is -2.30. The number of carbonyl (C=O) groups is 1. The van der Waals surface area contributed by atoms with Crippen molar-refractivity contribution in [1.82, 2.24) is 25.4 Å². The molecule has 120 valence electrons. The van der Waals surface area contributed by atoms with Crippen LogP contribution in [0, 0.1) is 0 Å². The minimum Gasteiger partial charge on any atom is -0.344 e. The van der Waals surface area contributed by atoms with E-state index >= 15 is 0 Å². The molecule has 3 heterocycles. The number of hydrogen-bond donors (Lipinski definition) is 2. The summed E-state index contributed by atoms with van der Waals surface area (Å²) in [5, 5.41) is 11.3. The molecule has 0 bridgehead atoms. The third kappa shape index (κ3) is 2.43. The van der Waals surface area contributed by atoms with Crippen LogP contribution in [0.3, 0.4) is 0 Å². The van der Waals surface area contributed by atoms with Gasteiger partial charge in [-0.05, 0) is 50.4 Å². The Morgan fingerprint density at radius 1 is 1.39 bits per heavy atom. The summed E-state index contributed by atoms with van der Waals surface area (Å²) in [6.07, 6.45) is 7.86. The van der Waals surface area contributed by atoms with E-state index in [4.69, 9.17) is 0 Å². The summed E-state index contributed by atoms with van der Waals surface area (Å²) in [4.78, 5) is 16.8. The summed E-state index contributed by atoms with van der Waals surface area (Å²) in [5.74, 6) is -0.0316. The number of fused-ring (bicyclic) bond motifs is 1. The highest BCUT2D eigenvalue weighted by Crippen LogP contribution is 2.36. The van der Waals surface area contributed by atoms with Crippen LogP contribution in [-0.4, -0.2) is 38.8 Å². The Bertz CT molecular complexity index is 714. The van der Waals surface area contributed by atoms with E-state index in [1.165, 1.54) is 6.42 Å². The minimum atomic E-state index is -0.0712. The van der Waals surface area contributed by atoms with Gasteiger partial charge in [0.25, 0.3) is 5.91 Å². The van der Waals surface area contributed by atoms with Gasteiger partial charge < -0.3 is 10.6 Å². The SMILES string of the molecule is Cn1nc(-c2ccncc2)cc1C(=O)NC12CCCC1NCC2. The zero-order valence-electron chi connectivity index (χ0n) is 13.2. The summed E-state index contributed by atoms with van der Waals surface area (Å²) < 4.78 is 1.66. The molecular weight excluding hydrogens is 290 g/mol. The summed E-state index contributed by atoms with van der Waals surface area (Å²) in [5.41, 5.74) is 2.29. The average Bonchev–Trinajstić information content (AvgIpc) is 3.21. The van der Waals surface area contributed by atoms with Crippen molar-refractivity contribution in [2.24, 2.45) is 7.05 Å². The van der Waals surface area contributed by atoms with E-state index in [1.54, 1.807) is 17.1 Å². The normalized spacial score (nSPS) is 26.2. The third-order valence-corrected chi connectivity index (χ3v) is 5.20. The molecule has 2 unspecified atom stereocenters. The zero-order chi connectivity index (χ0) is 15.9. The van der Waals surface area contributed by atoms with Crippen molar-refractivity contribution in [2.75, 3.05) is 6.54 Å². The Labute approximate surface area is 135 Å². The standard InChI is InChI=1S/C17H21N5O/c1-22-14(11-13(21-22)12-4-8-18-9-5-12)16(23)20-17-6-2-3-15(17)19-10-7-17/h4-5,8-9,11,15,19H,2-3,6-7,10H2,1H3,(H,20,23). The van der Waals surface area contributed by atoms with Crippen molar-refractivity contribution >= 4 is 5.91 Å². The number of rotatable bonds is 3. The topological polar surface area (TPSA) is 71.8 Å². The molecule has 2 aromatic heterocycles. The van der Waals surface area contributed by atoms with Crippen LogP contribution in [0.1, 0.15) is 36.2 Å². The fraction of sp³-hybridized carbons (Fsp3) is 0.471. The number of aromatic nitrogens is 3. The third-order valence-electron chi connectivity index (χ3n) is 5.20. The fourth-order valence-corrected chi connectivity index (χ4v) is 3.98. The minimum absolute atomic E-state index is 0.0316. The first-order valence-electron chi connectivity index (χ1n) is 8.18. The van der Waals surface area contributed by atoms with Gasteiger partial charge in [0.1, 0.15) is 5.69 Å². The largest absolute Gasteiger partial charge is 0.344 e. The smallest absolute Gasteiger partial charge is 0.270 e. The molecule has 2 fully saturated rings. The maximum atomic E-state index is 12.8. The number of hydrogen-bond acceptors (Lipinski definition) is 4. The number of carbonyl (C=O) groups excluding carboxylic acids is 1. The van der Waals surface area contributed by atoms with Gasteiger partial charge in [-0.2, -0.15) is 5.10 Å². The summed E-state index contributed by atoms with van der Waals surface area (Å²) in [6.45, 7) is 0.985. The van der Waals surface area contributed by atoms with Crippen LogP contribution < -0.4 is 10.6 Å². The lowest BCUT2D eigenvalue weighted by Crippen LogP contribution is -2.53. The molecular formula is C17H21N5O. The highest BCUT2D eigenvalue weighted by molar-refractivity contribution is 5.94. The van der Waals surface area contributed by atoms with E-state index in [2.05, 4.69) is 20.7 Å². The monoisotopic (exact) mass is 311 g/mol. The molecule has 1 saturated heterocycles. The van der Waals surface area contributed by atoms with Crippen LogP contribution in [-0.2, 0) is 7.05 Å². The van der Waals surface area contributed by atoms with Gasteiger partial charge in [-0.3, -0.25) is 14.5 Å². The second-order valence-corrected chi connectivity index (χ2v) is 6.53. The van der Waals surface area contributed by atoms with Crippen molar-refractivity contribution in [3.05, 3.63) is 36.3 Å². The van der Waals surface area contributed by atoms with Crippen LogP contribution in [0.25, 0.3) is 11.3 Å². The fourth-order valence-electron chi connectivity index (χ4n) is 3.98. The van der Waals surface area contributed by atoms with Gasteiger partial charge in [0.15, 0.2) is 0 Å². The van der Waals surface area contributed by atoms with Crippen LogP contribution in [0.15, 0.2) is 30.6 Å². The number of nitrogens with zero attached hydrogens (tertiary/aromatic N) is 3. The quantitative estimate of drug-likeness (QED) is 0.901. The molecule has 0 spiro atoms. The Hall–Kier alpha value is -2.21. The molecule has 2 aliphatic rings. The second-order valence-electron chi connectivity index (χ2n) is 6.53. The summed E-state index contributed by atoms with van der Waals surface area (Å²) in [7, 11) is 1.82. The second kappa shape index (κ2) is 5.45. The molecule has 1 aliphatic heterocycles. The highest BCUT2D eigenvalue weighted by atomic mass is 16.2. The first kappa shape index (κ1) is 14.4. The Kier molecular flexibility index (Phi) is 3.41. The molecule has 2 aromatic rings. The summed E-state index contributed by atoms with van der Waals surface area (Å²) in [6, 6.07) is 6.07. The molecule has 2 atom stereocenters. The van der Waals surface area contributed by atoms with Gasteiger partial charge in [-0.25, -0.2) is 0 Å². The molecule has 23 heavy (non-hydrogen) atoms. The molecule has 1 saturated carbocycles. The van der Waals surface area contributed by atoms with Crippen molar-refractivity contribution < 1.29 is 4.79 Å². The molecule has 0 aromatic carbocycles. The molecule has 6 nitrogen and oxygen atoms in total. The first-order chi connectivity index (χ1) is 11.2. The van der Waals surface area contributed by atoms with Crippen LogP contribution in [0.4, 0.5) is 0 Å². The number of amides is 1. The Morgan fingerprint density at radius 3 is 3.04 bits per heavy atom. The van der Waals surface area contributed by atoms with E-state index < -0.39 is 0 Å². The molecule has 4 rings (SSSR count). The predicted molar refractivity (Wildman–Crippen MR) is 86.9 cm³/mol. The number of pyridine rings is 1. The van der Waals surface area contributed by atoms with E-state index in [1.807, 2.05) is 25.2 Å². The van der Waals surface area contributed by atoms with Gasteiger partial charge >= 0.3 is 0 Å². The van der Waals surface area contributed by atoms with Crippen molar-refractivity contribution in [2.45, 2.75) is 37.3 Å². The first-order valence-corrected chi connectivity index (χ1v) is 8.18. The van der Waals surface area contributed by atoms with E-state index in [9.17, 15) is 4.79 Å². The maximum Gasteiger partial charge on any atom is 0.270 e. The van der Waals surface area contributed by atoms with Gasteiger partial charge in [0.05, 0.1) is 11.2 Å². The van der Waals surface area contributed by atoms with Crippen LogP contribution >= 0.6 is 0 Å². The van der Waals surface area contributed by atoms with Crippen molar-refractivity contribution in [1.29, 1.82) is 0 Å². The average molecular weight is 311 g/mol. The molecule has 6 heteroatoms. The van der Waals surface area contributed by atoms with E-state index in [-0.39, 0.29) is 11.4 Å². The van der Waals surface area contributed by atoms with Gasteiger partial charge in [-0.15, -0.1) is 0 Å². The molecule has 0 radical (unpaired) electrons. The Morgan fingerprint density at radius 2 is 2.22 bits per heavy atom. The lowest BCUT2D eigenvalue weighted by molar-refractivity contribution is 0.0888. The summed E-state index contributed by atoms with van der Waals surface area (Å²) >= 11 is 0. The van der Waals surface area contributed by atoms with Gasteiger partial charge in [-0.1, -0.05) is 0 Å². The highest BCUT2D eigenvalue weighted by Gasteiger charge is 2.47.